The summed E-state index contributed by atoms with van der Waals surface area (Å²) in [7, 11) is 0. The van der Waals surface area contributed by atoms with Crippen molar-refractivity contribution >= 4 is 11.7 Å². The van der Waals surface area contributed by atoms with E-state index in [0.29, 0.717) is 32.0 Å². The van der Waals surface area contributed by atoms with Crippen LogP contribution in [0.25, 0.3) is 0 Å². The Hall–Kier alpha value is -1.83. The standard InChI is InChI=1S/C19H27F3N4O/c1-2-25-10-5-7-15(25)12-24-18(27)14-6-4-11-26(13-14)17-16(19(20,21)22)8-3-9-23-17/h3,8-9,14-15H,2,4-7,10-13H2,1H3,(H,24,27)/t14-,15-/m0/s1. The molecule has 2 fully saturated rings. The number of carbonyl (C=O) groups excluding carboxylic acids is 1. The lowest BCUT2D eigenvalue weighted by Gasteiger charge is -2.34. The Kier molecular flexibility index (Phi) is 6.24. The summed E-state index contributed by atoms with van der Waals surface area (Å²) in [6.45, 7) is 5.51. The summed E-state index contributed by atoms with van der Waals surface area (Å²) in [5.41, 5.74) is -0.740. The summed E-state index contributed by atoms with van der Waals surface area (Å²) < 4.78 is 39.8. The Morgan fingerprint density at radius 2 is 2.07 bits per heavy atom. The first kappa shape index (κ1) is 19.9. The van der Waals surface area contributed by atoms with E-state index in [1.54, 1.807) is 4.90 Å². The van der Waals surface area contributed by atoms with Crippen LogP contribution in [0.4, 0.5) is 19.0 Å². The first-order valence-corrected chi connectivity index (χ1v) is 9.69. The van der Waals surface area contributed by atoms with Gasteiger partial charge in [-0.3, -0.25) is 9.69 Å². The highest BCUT2D eigenvalue weighted by Gasteiger charge is 2.37. The average Bonchev–Trinajstić information content (AvgIpc) is 3.13. The van der Waals surface area contributed by atoms with Crippen molar-refractivity contribution in [3.05, 3.63) is 23.9 Å². The molecule has 27 heavy (non-hydrogen) atoms. The van der Waals surface area contributed by atoms with E-state index in [-0.39, 0.29) is 24.2 Å². The normalized spacial score (nSPS) is 24.2. The second-order valence-corrected chi connectivity index (χ2v) is 7.33. The van der Waals surface area contributed by atoms with Crippen molar-refractivity contribution in [2.24, 2.45) is 5.92 Å². The van der Waals surface area contributed by atoms with Gasteiger partial charge < -0.3 is 10.2 Å². The number of halogens is 3. The van der Waals surface area contributed by atoms with Crippen LogP contribution in [0, 0.1) is 5.92 Å². The maximum absolute atomic E-state index is 13.3. The van der Waals surface area contributed by atoms with Crippen LogP contribution in [-0.2, 0) is 11.0 Å². The molecule has 8 heteroatoms. The van der Waals surface area contributed by atoms with E-state index in [9.17, 15) is 18.0 Å². The van der Waals surface area contributed by atoms with Gasteiger partial charge in [0.05, 0.1) is 11.5 Å². The maximum Gasteiger partial charge on any atom is 0.419 e. The summed E-state index contributed by atoms with van der Waals surface area (Å²) in [6.07, 6.45) is 0.507. The molecule has 1 aromatic rings. The zero-order valence-corrected chi connectivity index (χ0v) is 15.6. The number of likely N-dealkylation sites (tertiary alicyclic amines) is 1. The fraction of sp³-hybridized carbons (Fsp3) is 0.684. The van der Waals surface area contributed by atoms with Gasteiger partial charge in [0, 0.05) is 31.9 Å². The molecule has 2 aliphatic rings. The Labute approximate surface area is 157 Å². The largest absolute Gasteiger partial charge is 0.419 e. The Morgan fingerprint density at radius 3 is 2.81 bits per heavy atom. The lowest BCUT2D eigenvalue weighted by Crippen LogP contribution is -2.47. The van der Waals surface area contributed by atoms with E-state index >= 15 is 0 Å². The summed E-state index contributed by atoms with van der Waals surface area (Å²) in [5.74, 6) is -0.444. The van der Waals surface area contributed by atoms with Crippen molar-refractivity contribution in [1.29, 1.82) is 0 Å². The van der Waals surface area contributed by atoms with Gasteiger partial charge in [0.1, 0.15) is 5.82 Å². The molecular weight excluding hydrogens is 357 g/mol. The van der Waals surface area contributed by atoms with Gasteiger partial charge in [-0.25, -0.2) is 4.98 Å². The third-order valence-corrected chi connectivity index (χ3v) is 5.60. The highest BCUT2D eigenvalue weighted by atomic mass is 19.4. The lowest BCUT2D eigenvalue weighted by molar-refractivity contribution is -0.137. The molecule has 1 aromatic heterocycles. The fourth-order valence-corrected chi connectivity index (χ4v) is 4.16. The molecule has 2 saturated heterocycles. The minimum absolute atomic E-state index is 0.0628. The van der Waals surface area contributed by atoms with Crippen LogP contribution in [0.15, 0.2) is 18.3 Å². The molecule has 5 nitrogen and oxygen atoms in total. The molecule has 0 radical (unpaired) electrons. The average molecular weight is 384 g/mol. The monoisotopic (exact) mass is 384 g/mol. The van der Waals surface area contributed by atoms with Crippen LogP contribution in [0.2, 0.25) is 0 Å². The van der Waals surface area contributed by atoms with Gasteiger partial charge in [0.2, 0.25) is 5.91 Å². The van der Waals surface area contributed by atoms with Crippen LogP contribution < -0.4 is 10.2 Å². The smallest absolute Gasteiger partial charge is 0.355 e. The van der Waals surface area contributed by atoms with E-state index in [1.807, 2.05) is 0 Å². The number of piperidine rings is 1. The molecule has 2 aliphatic heterocycles. The minimum atomic E-state index is -4.45. The number of nitrogens with zero attached hydrogens (tertiary/aromatic N) is 3. The first-order valence-electron chi connectivity index (χ1n) is 9.69. The quantitative estimate of drug-likeness (QED) is 0.848. The van der Waals surface area contributed by atoms with Crippen molar-refractivity contribution in [3.63, 3.8) is 0 Å². The predicted molar refractivity (Wildman–Crippen MR) is 97.5 cm³/mol. The fourth-order valence-electron chi connectivity index (χ4n) is 4.16. The van der Waals surface area contributed by atoms with Crippen molar-refractivity contribution in [3.8, 4) is 0 Å². The van der Waals surface area contributed by atoms with Gasteiger partial charge >= 0.3 is 6.18 Å². The summed E-state index contributed by atoms with van der Waals surface area (Å²) >= 11 is 0. The number of hydrogen-bond donors (Lipinski definition) is 1. The van der Waals surface area contributed by atoms with E-state index < -0.39 is 11.7 Å². The van der Waals surface area contributed by atoms with Gasteiger partial charge in [-0.1, -0.05) is 6.92 Å². The molecule has 3 rings (SSSR count). The number of anilines is 1. The molecule has 0 spiro atoms. The number of aromatic nitrogens is 1. The van der Waals surface area contributed by atoms with Gasteiger partial charge in [-0.2, -0.15) is 13.2 Å². The highest BCUT2D eigenvalue weighted by Crippen LogP contribution is 2.36. The second-order valence-electron chi connectivity index (χ2n) is 7.33. The van der Waals surface area contributed by atoms with E-state index in [4.69, 9.17) is 0 Å². The number of pyridine rings is 1. The molecule has 2 atom stereocenters. The third kappa shape index (κ3) is 4.72. The molecular formula is C19H27F3N4O. The number of alkyl halides is 3. The zero-order valence-electron chi connectivity index (χ0n) is 15.6. The van der Waals surface area contributed by atoms with E-state index in [1.165, 1.54) is 12.3 Å². The van der Waals surface area contributed by atoms with Crippen LogP contribution in [0.5, 0.6) is 0 Å². The highest BCUT2D eigenvalue weighted by molar-refractivity contribution is 5.79. The summed E-state index contributed by atoms with van der Waals surface area (Å²) in [4.78, 5) is 20.5. The number of carbonyl (C=O) groups is 1. The molecule has 0 unspecified atom stereocenters. The Morgan fingerprint density at radius 1 is 1.30 bits per heavy atom. The van der Waals surface area contributed by atoms with Gasteiger partial charge in [0.15, 0.2) is 0 Å². The van der Waals surface area contributed by atoms with Crippen molar-refractivity contribution in [1.82, 2.24) is 15.2 Å². The van der Waals surface area contributed by atoms with Gasteiger partial charge in [-0.15, -0.1) is 0 Å². The topological polar surface area (TPSA) is 48.5 Å². The van der Waals surface area contributed by atoms with Gasteiger partial charge in [0.25, 0.3) is 0 Å². The third-order valence-electron chi connectivity index (χ3n) is 5.60. The number of amides is 1. The van der Waals surface area contributed by atoms with E-state index in [2.05, 4.69) is 22.1 Å². The molecule has 1 N–H and O–H groups in total. The summed E-state index contributed by atoms with van der Waals surface area (Å²) in [6, 6.07) is 2.71. The maximum atomic E-state index is 13.3. The van der Waals surface area contributed by atoms with Crippen molar-refractivity contribution < 1.29 is 18.0 Å². The molecule has 3 heterocycles. The van der Waals surface area contributed by atoms with E-state index in [0.717, 1.165) is 32.0 Å². The number of likely N-dealkylation sites (N-methyl/N-ethyl adjacent to an activating group) is 1. The molecule has 0 aromatic carbocycles. The lowest BCUT2D eigenvalue weighted by atomic mass is 9.96. The number of hydrogen-bond acceptors (Lipinski definition) is 4. The molecule has 1 amide bonds. The van der Waals surface area contributed by atoms with Crippen LogP contribution >= 0.6 is 0 Å². The first-order chi connectivity index (χ1) is 12.9. The molecule has 0 saturated carbocycles. The molecule has 0 aliphatic carbocycles. The number of rotatable bonds is 5. The van der Waals surface area contributed by atoms with Crippen molar-refractivity contribution in [2.45, 2.75) is 44.8 Å². The molecule has 0 bridgehead atoms. The Balaban J connectivity index is 1.62. The number of nitrogens with one attached hydrogen (secondary N) is 1. The van der Waals surface area contributed by atoms with Gasteiger partial charge in [-0.05, 0) is 50.9 Å². The SMILES string of the molecule is CCN1CCC[C@H]1CNC(=O)[C@H]1CCCN(c2ncccc2C(F)(F)F)C1. The minimum Gasteiger partial charge on any atom is -0.355 e. The van der Waals surface area contributed by atoms with Crippen LogP contribution in [0.1, 0.15) is 38.2 Å². The van der Waals surface area contributed by atoms with Crippen LogP contribution in [-0.4, -0.2) is 54.6 Å². The van der Waals surface area contributed by atoms with Crippen LogP contribution in [0.3, 0.4) is 0 Å². The summed E-state index contributed by atoms with van der Waals surface area (Å²) in [5, 5.41) is 3.03. The second kappa shape index (κ2) is 8.46. The molecule has 150 valence electrons. The predicted octanol–water partition coefficient (Wildman–Crippen LogP) is 2.92. The zero-order chi connectivity index (χ0) is 19.4. The van der Waals surface area contributed by atoms with Crippen molar-refractivity contribution in [2.75, 3.05) is 37.6 Å². The Bertz CT molecular complexity index is 652.